The molecule has 0 fully saturated rings. The van der Waals surface area contributed by atoms with Crippen LogP contribution in [0.3, 0.4) is 0 Å². The Morgan fingerprint density at radius 1 is 0.800 bits per heavy atom. The molecule has 0 aliphatic rings. The molecule has 20 heavy (non-hydrogen) atoms. The summed E-state index contributed by atoms with van der Waals surface area (Å²) in [6.45, 7) is 4.05. The average molecular weight is 278 g/mol. The van der Waals surface area contributed by atoms with Gasteiger partial charge in [-0.2, -0.15) is 0 Å². The van der Waals surface area contributed by atoms with E-state index in [0.717, 1.165) is 25.7 Å². The minimum atomic E-state index is -0.237. The second-order valence-electron chi connectivity index (χ2n) is 4.63. The zero-order valence-electron chi connectivity index (χ0n) is 12.2. The Morgan fingerprint density at radius 2 is 1.15 bits per heavy atom. The van der Waals surface area contributed by atoms with Crippen LogP contribution in [-0.2, 0) is 9.59 Å². The molecule has 0 spiro atoms. The van der Waals surface area contributed by atoms with Crippen LogP contribution in [0.5, 0.6) is 11.5 Å². The minimum Gasteiger partial charge on any atom is -0.427 e. The van der Waals surface area contributed by atoms with Crippen LogP contribution in [0.25, 0.3) is 0 Å². The molecule has 0 radical (unpaired) electrons. The number of carbonyl (C=O) groups excluding carboxylic acids is 2. The van der Waals surface area contributed by atoms with Gasteiger partial charge in [-0.3, -0.25) is 9.59 Å². The lowest BCUT2D eigenvalue weighted by molar-refractivity contribution is -0.135. The second kappa shape index (κ2) is 9.13. The number of carbonyl (C=O) groups is 2. The molecule has 0 aliphatic heterocycles. The summed E-state index contributed by atoms with van der Waals surface area (Å²) in [4.78, 5) is 22.9. The van der Waals surface area contributed by atoms with Gasteiger partial charge in [0, 0.05) is 12.8 Å². The Morgan fingerprint density at radius 3 is 1.45 bits per heavy atom. The number of rotatable bonds is 8. The Kier molecular flexibility index (Phi) is 7.40. The molecule has 0 aliphatic carbocycles. The first-order valence-electron chi connectivity index (χ1n) is 7.17. The SMILES string of the molecule is CCCCC(=O)Oc1ccc(OC(=O)CCCC)cc1. The third-order valence-electron chi connectivity index (χ3n) is 2.76. The molecular weight excluding hydrogens is 256 g/mol. The average Bonchev–Trinajstić information content (AvgIpc) is 2.45. The highest BCUT2D eigenvalue weighted by Crippen LogP contribution is 2.19. The summed E-state index contributed by atoms with van der Waals surface area (Å²) >= 11 is 0. The van der Waals surface area contributed by atoms with Gasteiger partial charge in [0.25, 0.3) is 0 Å². The molecule has 0 amide bonds. The van der Waals surface area contributed by atoms with Crippen LogP contribution in [0.2, 0.25) is 0 Å². The number of benzene rings is 1. The standard InChI is InChI=1S/C16H22O4/c1-3-5-7-15(17)19-13-9-11-14(12-10-13)20-16(18)8-6-4-2/h9-12H,3-8H2,1-2H3. The van der Waals surface area contributed by atoms with Crippen molar-refractivity contribution in [3.8, 4) is 11.5 Å². The van der Waals surface area contributed by atoms with Gasteiger partial charge in [-0.1, -0.05) is 26.7 Å². The summed E-state index contributed by atoms with van der Waals surface area (Å²) in [7, 11) is 0. The molecule has 0 atom stereocenters. The van der Waals surface area contributed by atoms with Gasteiger partial charge < -0.3 is 9.47 Å². The molecule has 0 N–H and O–H groups in total. The molecule has 0 unspecified atom stereocenters. The summed E-state index contributed by atoms with van der Waals surface area (Å²) in [6, 6.07) is 6.52. The molecule has 0 bridgehead atoms. The van der Waals surface area contributed by atoms with Crippen molar-refractivity contribution in [2.24, 2.45) is 0 Å². The lowest BCUT2D eigenvalue weighted by Gasteiger charge is -2.06. The number of esters is 2. The molecule has 0 heterocycles. The first-order valence-corrected chi connectivity index (χ1v) is 7.17. The quantitative estimate of drug-likeness (QED) is 0.535. The summed E-state index contributed by atoms with van der Waals surface area (Å²) in [5.41, 5.74) is 0. The van der Waals surface area contributed by atoms with E-state index in [-0.39, 0.29) is 11.9 Å². The van der Waals surface area contributed by atoms with Gasteiger partial charge >= 0.3 is 11.9 Å². The Bertz CT molecular complexity index is 382. The van der Waals surface area contributed by atoms with Crippen LogP contribution in [0.1, 0.15) is 52.4 Å². The molecule has 4 nitrogen and oxygen atoms in total. The maximum Gasteiger partial charge on any atom is 0.311 e. The van der Waals surface area contributed by atoms with Crippen LogP contribution in [-0.4, -0.2) is 11.9 Å². The first-order chi connectivity index (χ1) is 9.65. The second-order valence-corrected chi connectivity index (χ2v) is 4.63. The zero-order valence-corrected chi connectivity index (χ0v) is 12.2. The third kappa shape index (κ3) is 6.36. The van der Waals surface area contributed by atoms with Crippen molar-refractivity contribution in [3.05, 3.63) is 24.3 Å². The van der Waals surface area contributed by atoms with Crippen LogP contribution in [0.4, 0.5) is 0 Å². The lowest BCUT2D eigenvalue weighted by Crippen LogP contribution is -2.08. The number of ether oxygens (including phenoxy) is 2. The fourth-order valence-corrected chi connectivity index (χ4v) is 1.58. The van der Waals surface area contributed by atoms with E-state index in [4.69, 9.17) is 9.47 Å². The minimum absolute atomic E-state index is 0.237. The van der Waals surface area contributed by atoms with Crippen LogP contribution >= 0.6 is 0 Å². The molecule has 1 aromatic rings. The Labute approximate surface area is 120 Å². The zero-order chi connectivity index (χ0) is 14.8. The lowest BCUT2D eigenvalue weighted by atomic mass is 10.2. The number of hydrogen-bond donors (Lipinski definition) is 0. The van der Waals surface area contributed by atoms with Crippen LogP contribution in [0.15, 0.2) is 24.3 Å². The van der Waals surface area contributed by atoms with E-state index >= 15 is 0 Å². The van der Waals surface area contributed by atoms with E-state index in [2.05, 4.69) is 0 Å². The molecule has 1 aromatic carbocycles. The van der Waals surface area contributed by atoms with E-state index in [1.54, 1.807) is 24.3 Å². The fraction of sp³-hybridized carbons (Fsp3) is 0.500. The molecule has 4 heteroatoms. The highest BCUT2D eigenvalue weighted by atomic mass is 16.5. The monoisotopic (exact) mass is 278 g/mol. The van der Waals surface area contributed by atoms with Gasteiger partial charge in [0.15, 0.2) is 0 Å². The fourth-order valence-electron chi connectivity index (χ4n) is 1.58. The van der Waals surface area contributed by atoms with E-state index in [9.17, 15) is 9.59 Å². The van der Waals surface area contributed by atoms with E-state index in [1.807, 2.05) is 13.8 Å². The largest absolute Gasteiger partial charge is 0.427 e. The Balaban J connectivity index is 2.43. The van der Waals surface area contributed by atoms with Crippen molar-refractivity contribution in [3.63, 3.8) is 0 Å². The predicted octanol–water partition coefficient (Wildman–Crippen LogP) is 3.88. The van der Waals surface area contributed by atoms with E-state index in [0.29, 0.717) is 24.3 Å². The van der Waals surface area contributed by atoms with Gasteiger partial charge in [0.05, 0.1) is 0 Å². The molecular formula is C16H22O4. The summed E-state index contributed by atoms with van der Waals surface area (Å²) in [5, 5.41) is 0. The predicted molar refractivity (Wildman–Crippen MR) is 76.8 cm³/mol. The summed E-state index contributed by atoms with van der Waals surface area (Å²) in [5.74, 6) is 0.470. The molecule has 0 aromatic heterocycles. The van der Waals surface area contributed by atoms with Crippen molar-refractivity contribution in [2.45, 2.75) is 52.4 Å². The maximum absolute atomic E-state index is 11.4. The van der Waals surface area contributed by atoms with Gasteiger partial charge in [-0.25, -0.2) is 0 Å². The van der Waals surface area contributed by atoms with Crippen molar-refractivity contribution in [1.82, 2.24) is 0 Å². The van der Waals surface area contributed by atoms with Crippen molar-refractivity contribution in [1.29, 1.82) is 0 Å². The van der Waals surface area contributed by atoms with Crippen molar-refractivity contribution in [2.75, 3.05) is 0 Å². The number of unbranched alkanes of at least 4 members (excludes halogenated alkanes) is 2. The smallest absolute Gasteiger partial charge is 0.311 e. The van der Waals surface area contributed by atoms with Crippen LogP contribution in [0, 0.1) is 0 Å². The van der Waals surface area contributed by atoms with Crippen molar-refractivity contribution >= 4 is 11.9 Å². The van der Waals surface area contributed by atoms with E-state index in [1.165, 1.54) is 0 Å². The van der Waals surface area contributed by atoms with E-state index < -0.39 is 0 Å². The summed E-state index contributed by atoms with van der Waals surface area (Å²) in [6.07, 6.45) is 4.41. The van der Waals surface area contributed by atoms with Crippen molar-refractivity contribution < 1.29 is 19.1 Å². The highest BCUT2D eigenvalue weighted by molar-refractivity contribution is 5.73. The number of hydrogen-bond acceptors (Lipinski definition) is 4. The topological polar surface area (TPSA) is 52.6 Å². The maximum atomic E-state index is 11.4. The van der Waals surface area contributed by atoms with Crippen LogP contribution < -0.4 is 9.47 Å². The molecule has 1 rings (SSSR count). The van der Waals surface area contributed by atoms with Gasteiger partial charge in [0.2, 0.25) is 0 Å². The molecule has 110 valence electrons. The summed E-state index contributed by atoms with van der Waals surface area (Å²) < 4.78 is 10.3. The molecule has 0 saturated carbocycles. The third-order valence-corrected chi connectivity index (χ3v) is 2.76. The molecule has 0 saturated heterocycles. The van der Waals surface area contributed by atoms with Gasteiger partial charge in [-0.05, 0) is 37.1 Å². The normalized spacial score (nSPS) is 10.1. The first kappa shape index (κ1) is 16.2. The Hall–Kier alpha value is -1.84. The highest BCUT2D eigenvalue weighted by Gasteiger charge is 2.06. The van der Waals surface area contributed by atoms with Gasteiger partial charge in [0.1, 0.15) is 11.5 Å². The van der Waals surface area contributed by atoms with Gasteiger partial charge in [-0.15, -0.1) is 0 Å².